The number of hydrogen-bond donors (Lipinski definition) is 1. The van der Waals surface area contributed by atoms with E-state index in [4.69, 9.17) is 0 Å². The number of benzene rings is 2. The average molecular weight is 406 g/mol. The molecule has 3 rings (SSSR count). The Balaban J connectivity index is 2.01. The van der Waals surface area contributed by atoms with Gasteiger partial charge in [-0.25, -0.2) is 9.97 Å². The number of aryl methyl sites for hydroxylation is 1. The number of rotatable bonds is 5. The van der Waals surface area contributed by atoms with Gasteiger partial charge in [-0.1, -0.05) is 41.6 Å². The van der Waals surface area contributed by atoms with Crippen molar-refractivity contribution in [2.75, 3.05) is 5.32 Å². The molecule has 2 aromatic carbocycles. The molecule has 0 spiro atoms. The van der Waals surface area contributed by atoms with Gasteiger partial charge in [0.25, 0.3) is 0 Å². The van der Waals surface area contributed by atoms with Crippen LogP contribution in [0.3, 0.4) is 0 Å². The summed E-state index contributed by atoms with van der Waals surface area (Å²) >= 11 is 1.03. The van der Waals surface area contributed by atoms with Crippen molar-refractivity contribution >= 4 is 29.0 Å². The van der Waals surface area contributed by atoms with Gasteiger partial charge < -0.3 is 5.32 Å². The highest BCUT2D eigenvalue weighted by molar-refractivity contribution is 7.99. The number of nitro groups is 1. The Hall–Kier alpha value is -3.14. The minimum atomic E-state index is -4.62. The van der Waals surface area contributed by atoms with E-state index in [1.807, 2.05) is 19.1 Å². The van der Waals surface area contributed by atoms with Crippen LogP contribution in [0.5, 0.6) is 0 Å². The summed E-state index contributed by atoms with van der Waals surface area (Å²) in [5.74, 6) is -0.314. The highest BCUT2D eigenvalue weighted by Gasteiger charge is 2.34. The zero-order chi connectivity index (χ0) is 20.3. The fourth-order valence-electron chi connectivity index (χ4n) is 2.38. The van der Waals surface area contributed by atoms with E-state index in [1.54, 1.807) is 12.1 Å². The highest BCUT2D eigenvalue weighted by atomic mass is 32.2. The molecule has 1 aromatic heterocycles. The molecule has 144 valence electrons. The maximum absolute atomic E-state index is 13.2. The van der Waals surface area contributed by atoms with E-state index in [1.165, 1.54) is 18.2 Å². The summed E-state index contributed by atoms with van der Waals surface area (Å²) in [7, 11) is 0. The van der Waals surface area contributed by atoms with Crippen molar-refractivity contribution in [2.24, 2.45) is 0 Å². The van der Waals surface area contributed by atoms with Crippen LogP contribution in [0, 0.1) is 17.0 Å². The number of para-hydroxylation sites is 1. The van der Waals surface area contributed by atoms with Gasteiger partial charge in [-0.3, -0.25) is 10.1 Å². The van der Waals surface area contributed by atoms with Crippen molar-refractivity contribution in [1.29, 1.82) is 0 Å². The van der Waals surface area contributed by atoms with Gasteiger partial charge in [0.15, 0.2) is 5.03 Å². The van der Waals surface area contributed by atoms with Crippen LogP contribution in [0.4, 0.5) is 30.4 Å². The molecule has 1 N–H and O–H groups in total. The Labute approximate surface area is 162 Å². The van der Waals surface area contributed by atoms with E-state index in [-0.39, 0.29) is 16.5 Å². The lowest BCUT2D eigenvalue weighted by Gasteiger charge is -2.14. The second-order valence-corrected chi connectivity index (χ2v) is 6.78. The number of halogens is 3. The molecule has 0 fully saturated rings. The van der Waals surface area contributed by atoms with Crippen molar-refractivity contribution in [3.8, 4) is 0 Å². The van der Waals surface area contributed by atoms with Crippen molar-refractivity contribution in [2.45, 2.75) is 23.0 Å². The van der Waals surface area contributed by atoms with Gasteiger partial charge >= 0.3 is 11.9 Å². The molecule has 0 aliphatic carbocycles. The fraction of sp³-hybridized carbons (Fsp3) is 0.111. The van der Waals surface area contributed by atoms with Gasteiger partial charge in [-0.15, -0.1) is 0 Å². The maximum Gasteiger partial charge on any atom is 0.418 e. The minimum Gasteiger partial charge on any atom is -0.334 e. The number of nitrogens with one attached hydrogen (secondary N) is 1. The first-order valence-electron chi connectivity index (χ1n) is 7.93. The van der Waals surface area contributed by atoms with Crippen LogP contribution in [0.1, 0.15) is 11.1 Å². The second-order valence-electron chi connectivity index (χ2n) is 5.72. The van der Waals surface area contributed by atoms with Crippen LogP contribution in [-0.2, 0) is 6.18 Å². The predicted molar refractivity (Wildman–Crippen MR) is 98.7 cm³/mol. The normalized spacial score (nSPS) is 11.3. The van der Waals surface area contributed by atoms with E-state index in [0.717, 1.165) is 29.7 Å². The van der Waals surface area contributed by atoms with Crippen molar-refractivity contribution < 1.29 is 18.1 Å². The first-order chi connectivity index (χ1) is 13.3. The summed E-state index contributed by atoms with van der Waals surface area (Å²) in [4.78, 5) is 19.3. The van der Waals surface area contributed by atoms with Crippen LogP contribution in [0.2, 0.25) is 0 Å². The molecule has 0 unspecified atom stereocenters. The first kappa shape index (κ1) is 19.6. The predicted octanol–water partition coefficient (Wildman–Crippen LogP) is 5.61. The molecule has 0 saturated carbocycles. The van der Waals surface area contributed by atoms with Crippen LogP contribution in [0.25, 0.3) is 0 Å². The van der Waals surface area contributed by atoms with Crippen molar-refractivity contribution in [3.05, 3.63) is 76.1 Å². The lowest BCUT2D eigenvalue weighted by molar-refractivity contribution is -0.387. The first-order valence-corrected chi connectivity index (χ1v) is 8.74. The molecule has 0 bridgehead atoms. The van der Waals surface area contributed by atoms with Crippen LogP contribution in [-0.4, -0.2) is 14.9 Å². The quantitative estimate of drug-likeness (QED) is 0.337. The molecule has 0 aliphatic rings. The Morgan fingerprint density at radius 1 is 1.07 bits per heavy atom. The molecule has 0 amide bonds. The second kappa shape index (κ2) is 7.85. The third-order valence-corrected chi connectivity index (χ3v) is 4.69. The number of aromatic nitrogens is 2. The lowest BCUT2D eigenvalue weighted by Crippen LogP contribution is -2.10. The Morgan fingerprint density at radius 3 is 2.39 bits per heavy atom. The van der Waals surface area contributed by atoms with Gasteiger partial charge in [0.05, 0.1) is 16.2 Å². The highest BCUT2D eigenvalue weighted by Crippen LogP contribution is 2.40. The standard InChI is InChI=1S/C18H13F3N4O2S/c1-11-6-8-12(9-7-11)28-17-15(25(26)27)16(22-10-23-17)24-14-5-3-2-4-13(14)18(19,20)21/h2-10H,1H3,(H,22,23,24). The molecule has 10 heteroatoms. The summed E-state index contributed by atoms with van der Waals surface area (Å²) in [5, 5.41) is 14.1. The van der Waals surface area contributed by atoms with E-state index < -0.39 is 22.4 Å². The zero-order valence-electron chi connectivity index (χ0n) is 14.4. The summed E-state index contributed by atoms with van der Waals surface area (Å²) < 4.78 is 39.6. The van der Waals surface area contributed by atoms with Crippen molar-refractivity contribution in [3.63, 3.8) is 0 Å². The third-order valence-electron chi connectivity index (χ3n) is 3.69. The third kappa shape index (κ3) is 4.39. The van der Waals surface area contributed by atoms with Crippen LogP contribution < -0.4 is 5.32 Å². The number of nitrogens with zero attached hydrogens (tertiary/aromatic N) is 3. The number of anilines is 2. The molecule has 6 nitrogen and oxygen atoms in total. The summed E-state index contributed by atoms with van der Waals surface area (Å²) in [6.45, 7) is 1.90. The van der Waals surface area contributed by atoms with Crippen LogP contribution >= 0.6 is 11.8 Å². The smallest absolute Gasteiger partial charge is 0.334 e. The molecule has 0 atom stereocenters. The van der Waals surface area contributed by atoms with Crippen molar-refractivity contribution in [1.82, 2.24) is 9.97 Å². The Kier molecular flexibility index (Phi) is 5.50. The van der Waals surface area contributed by atoms with Gasteiger partial charge in [0, 0.05) is 4.90 Å². The summed E-state index contributed by atoms with van der Waals surface area (Å²) in [6, 6.07) is 11.9. The molecule has 0 saturated heterocycles. The average Bonchev–Trinajstić information content (AvgIpc) is 2.63. The zero-order valence-corrected chi connectivity index (χ0v) is 15.2. The monoisotopic (exact) mass is 406 g/mol. The molecule has 0 radical (unpaired) electrons. The SMILES string of the molecule is Cc1ccc(Sc2ncnc(Nc3ccccc3C(F)(F)F)c2[N+](=O)[O-])cc1. The van der Waals surface area contributed by atoms with Crippen LogP contribution in [0.15, 0.2) is 64.8 Å². The molecule has 0 aliphatic heterocycles. The maximum atomic E-state index is 13.2. The lowest BCUT2D eigenvalue weighted by atomic mass is 10.1. The topological polar surface area (TPSA) is 81.0 Å². The van der Waals surface area contributed by atoms with Gasteiger partial charge in [-0.05, 0) is 31.2 Å². The molecular formula is C18H13F3N4O2S. The summed E-state index contributed by atoms with van der Waals surface area (Å²) in [5.41, 5.74) is -0.753. The van der Waals surface area contributed by atoms with E-state index >= 15 is 0 Å². The molecule has 3 aromatic rings. The number of hydrogen-bond acceptors (Lipinski definition) is 6. The van der Waals surface area contributed by atoms with E-state index in [2.05, 4.69) is 15.3 Å². The van der Waals surface area contributed by atoms with Gasteiger partial charge in [0.2, 0.25) is 5.82 Å². The van der Waals surface area contributed by atoms with Gasteiger partial charge in [0.1, 0.15) is 6.33 Å². The fourth-order valence-corrected chi connectivity index (χ4v) is 3.24. The molecule has 1 heterocycles. The van der Waals surface area contributed by atoms with E-state index in [0.29, 0.717) is 4.90 Å². The largest absolute Gasteiger partial charge is 0.418 e. The van der Waals surface area contributed by atoms with Gasteiger partial charge in [-0.2, -0.15) is 13.2 Å². The molecule has 28 heavy (non-hydrogen) atoms. The number of alkyl halides is 3. The minimum absolute atomic E-state index is 0.0239. The molecular weight excluding hydrogens is 393 g/mol. The Morgan fingerprint density at radius 2 is 1.75 bits per heavy atom. The Bertz CT molecular complexity index is 1010. The summed E-state index contributed by atoms with van der Waals surface area (Å²) in [6.07, 6.45) is -3.55. The van der Waals surface area contributed by atoms with E-state index in [9.17, 15) is 23.3 Å².